The summed E-state index contributed by atoms with van der Waals surface area (Å²) in [4.78, 5) is 10.1. The minimum Gasteiger partial charge on any atom is -0.456 e. The number of rotatable bonds is 5. The van der Waals surface area contributed by atoms with Crippen LogP contribution in [-0.4, -0.2) is 11.5 Å². The van der Waals surface area contributed by atoms with E-state index in [1.165, 1.54) is 0 Å². The Morgan fingerprint density at radius 2 is 1.13 bits per heavy atom. The van der Waals surface area contributed by atoms with Crippen molar-refractivity contribution >= 4 is 77.1 Å². The first kappa shape index (κ1) is 28.0. The standard InChI is InChI=1S/C41H27BrN2O2/c1-25(28-16-18-39-35(23-28)33-12-6-8-14-37(33)45-39)43-41(27-10-4-3-5-11-27)44-26(2)30-20-31(22-32(42)21-30)29-17-19-40-36(24-29)34-13-7-9-15-38(34)46-40/h3-24H,1H2,2H3/b43-41-,44-26+. The highest BCUT2D eigenvalue weighted by Gasteiger charge is 2.13. The number of benzene rings is 6. The Morgan fingerprint density at radius 3 is 1.85 bits per heavy atom. The van der Waals surface area contributed by atoms with Crippen molar-refractivity contribution in [2.45, 2.75) is 6.92 Å². The second-order valence-corrected chi connectivity index (χ2v) is 12.2. The zero-order valence-electron chi connectivity index (χ0n) is 25.0. The molecule has 0 aliphatic carbocycles. The minimum absolute atomic E-state index is 0.591. The lowest BCUT2D eigenvalue weighted by Crippen LogP contribution is -2.04. The van der Waals surface area contributed by atoms with E-state index in [1.807, 2.05) is 91.9 Å². The van der Waals surface area contributed by atoms with Gasteiger partial charge in [-0.05, 0) is 84.3 Å². The van der Waals surface area contributed by atoms with Crippen LogP contribution in [0.3, 0.4) is 0 Å². The van der Waals surface area contributed by atoms with Crippen LogP contribution in [-0.2, 0) is 0 Å². The van der Waals surface area contributed by atoms with E-state index >= 15 is 0 Å². The molecule has 0 fully saturated rings. The second-order valence-electron chi connectivity index (χ2n) is 11.3. The SMILES string of the molecule is C=C(/N=C(\N=C(/C)c1cc(Br)cc(-c2ccc3oc4ccccc4c3c2)c1)c1ccccc1)c1ccc2oc3ccccc3c2c1. The summed E-state index contributed by atoms with van der Waals surface area (Å²) in [5.74, 6) is 0.591. The van der Waals surface area contributed by atoms with Crippen LogP contribution in [0.1, 0.15) is 23.6 Å². The molecule has 0 aliphatic rings. The summed E-state index contributed by atoms with van der Waals surface area (Å²) in [7, 11) is 0. The highest BCUT2D eigenvalue weighted by atomic mass is 79.9. The van der Waals surface area contributed by atoms with Gasteiger partial charge in [-0.25, -0.2) is 9.98 Å². The molecule has 0 radical (unpaired) electrons. The van der Waals surface area contributed by atoms with Crippen LogP contribution in [0.2, 0.25) is 0 Å². The summed E-state index contributed by atoms with van der Waals surface area (Å²) >= 11 is 3.75. The molecule has 0 amide bonds. The lowest BCUT2D eigenvalue weighted by molar-refractivity contribution is 0.668. The lowest BCUT2D eigenvalue weighted by Gasteiger charge is -2.10. The molecule has 6 aromatic carbocycles. The zero-order valence-corrected chi connectivity index (χ0v) is 26.6. The lowest BCUT2D eigenvalue weighted by atomic mass is 9.99. The predicted octanol–water partition coefficient (Wildman–Crippen LogP) is 11.8. The Bertz CT molecular complexity index is 2520. The van der Waals surface area contributed by atoms with Crippen LogP contribution in [0, 0.1) is 0 Å². The van der Waals surface area contributed by atoms with E-state index in [2.05, 4.69) is 71.0 Å². The first-order chi connectivity index (χ1) is 22.5. The van der Waals surface area contributed by atoms with Crippen molar-refractivity contribution in [3.05, 3.63) is 161 Å². The van der Waals surface area contributed by atoms with Crippen molar-refractivity contribution in [3.63, 3.8) is 0 Å². The van der Waals surface area contributed by atoms with Crippen LogP contribution in [0.15, 0.2) is 163 Å². The molecule has 0 atom stereocenters. The van der Waals surface area contributed by atoms with E-state index in [4.69, 9.17) is 18.8 Å². The molecule has 0 unspecified atom stereocenters. The second kappa shape index (κ2) is 11.4. The highest BCUT2D eigenvalue weighted by molar-refractivity contribution is 9.10. The number of halogens is 1. The van der Waals surface area contributed by atoms with Crippen molar-refractivity contribution < 1.29 is 8.83 Å². The van der Waals surface area contributed by atoms with Gasteiger partial charge in [0.1, 0.15) is 22.3 Å². The van der Waals surface area contributed by atoms with Gasteiger partial charge in [-0.15, -0.1) is 0 Å². The third-order valence-electron chi connectivity index (χ3n) is 8.28. The van der Waals surface area contributed by atoms with Crippen LogP contribution < -0.4 is 0 Å². The van der Waals surface area contributed by atoms with E-state index in [1.54, 1.807) is 0 Å². The van der Waals surface area contributed by atoms with Gasteiger partial charge < -0.3 is 8.83 Å². The summed E-state index contributed by atoms with van der Waals surface area (Å²) in [5, 5.41) is 4.31. The summed E-state index contributed by atoms with van der Waals surface area (Å²) in [5.41, 5.74) is 9.91. The molecule has 2 heterocycles. The van der Waals surface area contributed by atoms with Gasteiger partial charge in [0.25, 0.3) is 0 Å². The number of nitrogens with zero attached hydrogens (tertiary/aromatic N) is 2. The smallest absolute Gasteiger partial charge is 0.160 e. The number of fused-ring (bicyclic) bond motifs is 6. The topological polar surface area (TPSA) is 51.0 Å². The number of aliphatic imine (C=N–C) groups is 2. The van der Waals surface area contributed by atoms with E-state index in [0.29, 0.717) is 11.5 Å². The normalized spacial score (nSPS) is 12.5. The molecule has 0 N–H and O–H groups in total. The van der Waals surface area contributed by atoms with Crippen molar-refractivity contribution in [1.82, 2.24) is 0 Å². The molecule has 8 aromatic rings. The molecule has 4 nitrogen and oxygen atoms in total. The molecule has 0 bridgehead atoms. The first-order valence-corrected chi connectivity index (χ1v) is 15.8. The number of hydrogen-bond acceptors (Lipinski definition) is 3. The van der Waals surface area contributed by atoms with Crippen LogP contribution in [0.25, 0.3) is 60.7 Å². The van der Waals surface area contributed by atoms with Crippen molar-refractivity contribution in [3.8, 4) is 11.1 Å². The van der Waals surface area contributed by atoms with Gasteiger partial charge in [0.2, 0.25) is 0 Å². The number of para-hydroxylation sites is 2. The summed E-state index contributed by atoms with van der Waals surface area (Å²) in [6.07, 6.45) is 0. The summed E-state index contributed by atoms with van der Waals surface area (Å²) in [6, 6.07) is 45.0. The van der Waals surface area contributed by atoms with E-state index in [-0.39, 0.29) is 0 Å². The van der Waals surface area contributed by atoms with Gasteiger partial charge in [-0.2, -0.15) is 0 Å². The predicted molar refractivity (Wildman–Crippen MR) is 195 cm³/mol. The maximum atomic E-state index is 6.06. The van der Waals surface area contributed by atoms with Gasteiger partial charge in [-0.3, -0.25) is 0 Å². The molecule has 0 saturated carbocycles. The molecule has 0 saturated heterocycles. The van der Waals surface area contributed by atoms with Crippen LogP contribution >= 0.6 is 15.9 Å². The third-order valence-corrected chi connectivity index (χ3v) is 8.74. The van der Waals surface area contributed by atoms with E-state index in [9.17, 15) is 0 Å². The summed E-state index contributed by atoms with van der Waals surface area (Å²) < 4.78 is 13.1. The fourth-order valence-electron chi connectivity index (χ4n) is 5.93. The number of hydrogen-bond donors (Lipinski definition) is 0. The monoisotopic (exact) mass is 658 g/mol. The quantitative estimate of drug-likeness (QED) is 0.136. The molecular weight excluding hydrogens is 632 g/mol. The fraction of sp³-hybridized carbons (Fsp3) is 0.0244. The molecule has 220 valence electrons. The Morgan fingerprint density at radius 1 is 0.522 bits per heavy atom. The molecule has 8 rings (SSSR count). The Kier molecular flexibility index (Phi) is 6.96. The Labute approximate surface area is 274 Å². The van der Waals surface area contributed by atoms with E-state index < -0.39 is 0 Å². The number of furan rings is 2. The average molecular weight is 660 g/mol. The van der Waals surface area contributed by atoms with Gasteiger partial charge in [0.15, 0.2) is 5.84 Å². The fourth-order valence-corrected chi connectivity index (χ4v) is 6.43. The molecule has 5 heteroatoms. The Hall–Kier alpha value is -5.52. The van der Waals surface area contributed by atoms with Crippen LogP contribution in [0.5, 0.6) is 0 Å². The van der Waals surface area contributed by atoms with Crippen molar-refractivity contribution in [2.75, 3.05) is 0 Å². The van der Waals surface area contributed by atoms with Gasteiger partial charge in [-0.1, -0.05) is 95.3 Å². The maximum absolute atomic E-state index is 6.06. The third kappa shape index (κ3) is 5.15. The largest absolute Gasteiger partial charge is 0.456 e. The Balaban J connectivity index is 1.19. The molecule has 2 aromatic heterocycles. The summed E-state index contributed by atoms with van der Waals surface area (Å²) in [6.45, 7) is 6.37. The van der Waals surface area contributed by atoms with Gasteiger partial charge in [0.05, 0.1) is 5.70 Å². The number of amidine groups is 1. The van der Waals surface area contributed by atoms with Crippen molar-refractivity contribution in [2.24, 2.45) is 9.98 Å². The molecule has 0 spiro atoms. The average Bonchev–Trinajstić information content (AvgIpc) is 3.65. The maximum Gasteiger partial charge on any atom is 0.160 e. The highest BCUT2D eigenvalue weighted by Crippen LogP contribution is 2.34. The zero-order chi connectivity index (χ0) is 31.2. The molecular formula is C41H27BrN2O2. The van der Waals surface area contributed by atoms with Gasteiger partial charge in [0, 0.05) is 42.9 Å². The van der Waals surface area contributed by atoms with Crippen molar-refractivity contribution in [1.29, 1.82) is 0 Å². The van der Waals surface area contributed by atoms with E-state index in [0.717, 1.165) is 81.9 Å². The molecule has 46 heavy (non-hydrogen) atoms. The van der Waals surface area contributed by atoms with Crippen LogP contribution in [0.4, 0.5) is 0 Å². The molecule has 0 aliphatic heterocycles. The first-order valence-electron chi connectivity index (χ1n) is 15.0. The van der Waals surface area contributed by atoms with Gasteiger partial charge >= 0.3 is 0 Å². The minimum atomic E-state index is 0.591.